The van der Waals surface area contributed by atoms with E-state index in [2.05, 4.69) is 4.72 Å². The average Bonchev–Trinajstić information content (AvgIpc) is 2.29. The minimum Gasteiger partial charge on any atom is -0.396 e. The minimum absolute atomic E-state index is 0.00448. The first-order chi connectivity index (χ1) is 8.09. The van der Waals surface area contributed by atoms with Gasteiger partial charge in [-0.2, -0.15) is 0 Å². The zero-order valence-corrected chi connectivity index (χ0v) is 11.2. The Morgan fingerprint density at radius 2 is 2.06 bits per heavy atom. The third-order valence-electron chi connectivity index (χ3n) is 3.18. The van der Waals surface area contributed by atoms with Gasteiger partial charge in [0, 0.05) is 19.3 Å². The van der Waals surface area contributed by atoms with E-state index in [4.69, 9.17) is 4.74 Å². The standard InChI is InChI=1S/C11H23NO4S/c1-2-16-7-8-17(14,15)12-11-6-4-3-5-10(11)9-13/h10-13H,2-9H2,1H3. The van der Waals surface area contributed by atoms with E-state index in [-0.39, 0.29) is 30.9 Å². The Hall–Kier alpha value is -0.170. The molecule has 102 valence electrons. The van der Waals surface area contributed by atoms with Crippen LogP contribution < -0.4 is 4.72 Å². The molecule has 0 aromatic rings. The molecule has 0 heterocycles. The summed E-state index contributed by atoms with van der Waals surface area (Å²) in [5, 5.41) is 9.21. The lowest BCUT2D eigenvalue weighted by molar-refractivity contribution is 0.159. The van der Waals surface area contributed by atoms with E-state index < -0.39 is 10.0 Å². The highest BCUT2D eigenvalue weighted by molar-refractivity contribution is 7.89. The summed E-state index contributed by atoms with van der Waals surface area (Å²) in [5.74, 6) is 0.0563. The highest BCUT2D eigenvalue weighted by Gasteiger charge is 2.27. The Balaban J connectivity index is 2.44. The van der Waals surface area contributed by atoms with Crippen molar-refractivity contribution in [2.45, 2.75) is 38.6 Å². The first kappa shape index (κ1) is 14.9. The van der Waals surface area contributed by atoms with E-state index in [9.17, 15) is 13.5 Å². The van der Waals surface area contributed by atoms with Crippen LogP contribution in [-0.2, 0) is 14.8 Å². The summed E-state index contributed by atoms with van der Waals surface area (Å²) in [6.07, 6.45) is 3.81. The number of aliphatic hydroxyl groups excluding tert-OH is 1. The number of hydrogen-bond acceptors (Lipinski definition) is 4. The summed E-state index contributed by atoms with van der Waals surface area (Å²) in [5.41, 5.74) is 0. The zero-order chi connectivity index (χ0) is 12.7. The van der Waals surface area contributed by atoms with Crippen LogP contribution in [0.5, 0.6) is 0 Å². The topological polar surface area (TPSA) is 75.6 Å². The highest BCUT2D eigenvalue weighted by Crippen LogP contribution is 2.24. The van der Waals surface area contributed by atoms with Crippen molar-refractivity contribution in [3.8, 4) is 0 Å². The van der Waals surface area contributed by atoms with Crippen LogP contribution in [0.25, 0.3) is 0 Å². The van der Waals surface area contributed by atoms with Gasteiger partial charge in [0.15, 0.2) is 0 Å². The molecule has 1 saturated carbocycles. The van der Waals surface area contributed by atoms with Crippen molar-refractivity contribution < 1.29 is 18.3 Å². The second-order valence-electron chi connectivity index (χ2n) is 4.47. The van der Waals surface area contributed by atoms with Gasteiger partial charge in [-0.3, -0.25) is 0 Å². The van der Waals surface area contributed by atoms with Crippen molar-refractivity contribution in [2.75, 3.05) is 25.6 Å². The highest BCUT2D eigenvalue weighted by atomic mass is 32.2. The molecule has 0 amide bonds. The van der Waals surface area contributed by atoms with Crippen molar-refractivity contribution in [1.82, 2.24) is 4.72 Å². The fourth-order valence-corrected chi connectivity index (χ4v) is 3.41. The summed E-state index contributed by atoms with van der Waals surface area (Å²) in [7, 11) is -3.28. The molecule has 0 aromatic carbocycles. The van der Waals surface area contributed by atoms with Gasteiger partial charge >= 0.3 is 0 Å². The Labute approximate surface area is 104 Å². The number of rotatable bonds is 7. The largest absolute Gasteiger partial charge is 0.396 e. The maximum atomic E-state index is 11.8. The molecular formula is C11H23NO4S. The number of ether oxygens (including phenoxy) is 1. The number of nitrogens with one attached hydrogen (secondary N) is 1. The van der Waals surface area contributed by atoms with E-state index in [1.54, 1.807) is 0 Å². The maximum absolute atomic E-state index is 11.8. The monoisotopic (exact) mass is 265 g/mol. The van der Waals surface area contributed by atoms with Gasteiger partial charge in [0.2, 0.25) is 10.0 Å². The SMILES string of the molecule is CCOCCS(=O)(=O)NC1CCCCC1CO. The van der Waals surface area contributed by atoms with Crippen molar-refractivity contribution in [3.05, 3.63) is 0 Å². The van der Waals surface area contributed by atoms with Gasteiger partial charge < -0.3 is 9.84 Å². The van der Waals surface area contributed by atoms with Gasteiger partial charge in [0.05, 0.1) is 12.4 Å². The molecule has 0 radical (unpaired) electrons. The fraction of sp³-hybridized carbons (Fsp3) is 1.00. The van der Waals surface area contributed by atoms with Crippen LogP contribution in [0.4, 0.5) is 0 Å². The van der Waals surface area contributed by atoms with E-state index >= 15 is 0 Å². The number of aliphatic hydroxyl groups is 1. The van der Waals surface area contributed by atoms with E-state index in [1.165, 1.54) is 0 Å². The van der Waals surface area contributed by atoms with E-state index in [0.29, 0.717) is 6.61 Å². The molecule has 17 heavy (non-hydrogen) atoms. The van der Waals surface area contributed by atoms with Gasteiger partial charge in [-0.05, 0) is 25.7 Å². The average molecular weight is 265 g/mol. The molecule has 2 atom stereocenters. The number of sulfonamides is 1. The second-order valence-corrected chi connectivity index (χ2v) is 6.34. The van der Waals surface area contributed by atoms with E-state index in [1.807, 2.05) is 6.92 Å². The van der Waals surface area contributed by atoms with Crippen LogP contribution in [0.15, 0.2) is 0 Å². The van der Waals surface area contributed by atoms with E-state index in [0.717, 1.165) is 25.7 Å². The summed E-state index contributed by atoms with van der Waals surface area (Å²) in [6.45, 7) is 2.64. The Morgan fingerprint density at radius 3 is 2.71 bits per heavy atom. The molecule has 0 aliphatic heterocycles. The number of hydrogen-bond donors (Lipinski definition) is 2. The molecule has 0 spiro atoms. The molecular weight excluding hydrogens is 242 g/mol. The van der Waals surface area contributed by atoms with Gasteiger partial charge in [0.25, 0.3) is 0 Å². The second kappa shape index (κ2) is 7.31. The fourth-order valence-electron chi connectivity index (χ4n) is 2.18. The van der Waals surface area contributed by atoms with Gasteiger partial charge in [-0.25, -0.2) is 13.1 Å². The van der Waals surface area contributed by atoms with Crippen molar-refractivity contribution in [3.63, 3.8) is 0 Å². The third-order valence-corrected chi connectivity index (χ3v) is 4.54. The molecule has 2 N–H and O–H groups in total. The molecule has 0 bridgehead atoms. The molecule has 1 aliphatic rings. The lowest BCUT2D eigenvalue weighted by Gasteiger charge is -2.30. The first-order valence-corrected chi connectivity index (χ1v) is 7.93. The van der Waals surface area contributed by atoms with Gasteiger partial charge in [0.1, 0.15) is 0 Å². The molecule has 0 aromatic heterocycles. The molecule has 5 nitrogen and oxygen atoms in total. The van der Waals surface area contributed by atoms with Crippen molar-refractivity contribution in [2.24, 2.45) is 5.92 Å². The molecule has 6 heteroatoms. The van der Waals surface area contributed by atoms with Gasteiger partial charge in [-0.1, -0.05) is 12.8 Å². The van der Waals surface area contributed by atoms with Crippen LogP contribution in [0.2, 0.25) is 0 Å². The summed E-state index contributed by atoms with van der Waals surface area (Å²) < 4.78 is 31.3. The molecule has 2 unspecified atom stereocenters. The van der Waals surface area contributed by atoms with Crippen LogP contribution in [0, 0.1) is 5.92 Å². The van der Waals surface area contributed by atoms with Crippen LogP contribution >= 0.6 is 0 Å². The summed E-state index contributed by atoms with van der Waals surface area (Å²) in [6, 6.07) is -0.111. The normalized spacial score (nSPS) is 26.0. The Bertz CT molecular complexity index is 305. The lowest BCUT2D eigenvalue weighted by atomic mass is 9.86. The lowest BCUT2D eigenvalue weighted by Crippen LogP contribution is -2.44. The molecule has 1 aliphatic carbocycles. The smallest absolute Gasteiger partial charge is 0.214 e. The van der Waals surface area contributed by atoms with Gasteiger partial charge in [-0.15, -0.1) is 0 Å². The Morgan fingerprint density at radius 1 is 1.35 bits per heavy atom. The zero-order valence-electron chi connectivity index (χ0n) is 10.4. The first-order valence-electron chi connectivity index (χ1n) is 6.27. The molecule has 0 saturated heterocycles. The predicted octanol–water partition coefficient (Wildman–Crippen LogP) is 0.493. The van der Waals surface area contributed by atoms with Crippen molar-refractivity contribution >= 4 is 10.0 Å². The minimum atomic E-state index is -3.28. The third kappa shape index (κ3) is 5.33. The maximum Gasteiger partial charge on any atom is 0.214 e. The molecule has 1 rings (SSSR count). The van der Waals surface area contributed by atoms with Crippen LogP contribution in [0.3, 0.4) is 0 Å². The summed E-state index contributed by atoms with van der Waals surface area (Å²) in [4.78, 5) is 0. The predicted molar refractivity (Wildman–Crippen MR) is 66.2 cm³/mol. The Kier molecular flexibility index (Phi) is 6.40. The summed E-state index contributed by atoms with van der Waals surface area (Å²) >= 11 is 0. The quantitative estimate of drug-likeness (QED) is 0.657. The molecule has 1 fully saturated rings. The van der Waals surface area contributed by atoms with Crippen LogP contribution in [-0.4, -0.2) is 45.1 Å². The van der Waals surface area contributed by atoms with Crippen molar-refractivity contribution in [1.29, 1.82) is 0 Å². The van der Waals surface area contributed by atoms with Crippen LogP contribution in [0.1, 0.15) is 32.6 Å².